The maximum Gasteiger partial charge on any atom is 0.321 e. The Morgan fingerprint density at radius 1 is 0.800 bits per heavy atom. The second-order valence-corrected chi connectivity index (χ2v) is 7.42. The van der Waals surface area contributed by atoms with E-state index < -0.39 is 5.97 Å². The molecule has 25 heavy (non-hydrogen) atoms. The van der Waals surface area contributed by atoms with Crippen LogP contribution < -0.4 is 0 Å². The molecule has 3 nitrogen and oxygen atoms in total. The van der Waals surface area contributed by atoms with Crippen molar-refractivity contribution in [2.75, 3.05) is 0 Å². The zero-order valence-corrected chi connectivity index (χ0v) is 16.3. The number of unbranched alkanes of at least 4 members (excludes halogenated alkanes) is 14. The molecule has 1 saturated heterocycles. The van der Waals surface area contributed by atoms with Gasteiger partial charge in [0.15, 0.2) is 0 Å². The summed E-state index contributed by atoms with van der Waals surface area (Å²) in [5.74, 6) is -1.11. The van der Waals surface area contributed by atoms with Crippen molar-refractivity contribution in [3.63, 3.8) is 0 Å². The molecule has 144 valence electrons. The van der Waals surface area contributed by atoms with Gasteiger partial charge in [0.2, 0.25) is 0 Å². The van der Waals surface area contributed by atoms with Crippen molar-refractivity contribution in [3.8, 4) is 0 Å². The first-order valence-electron chi connectivity index (χ1n) is 10.6. The predicted octanol–water partition coefficient (Wildman–Crippen LogP) is 6.50. The van der Waals surface area contributed by atoms with Gasteiger partial charge >= 0.3 is 11.9 Å². The van der Waals surface area contributed by atoms with Crippen LogP contribution >= 0.6 is 0 Å². The maximum absolute atomic E-state index is 11.3. The van der Waals surface area contributed by atoms with Gasteiger partial charge in [0.05, 0.1) is 12.3 Å². The SMILES string of the molecule is CCCCCCCCCCCCCCCC/C=C/C1CC(=O)OC1=O. The lowest BCUT2D eigenvalue weighted by molar-refractivity contribution is -0.152. The first-order chi connectivity index (χ1) is 12.2. The first-order valence-corrected chi connectivity index (χ1v) is 10.6. The van der Waals surface area contributed by atoms with E-state index in [9.17, 15) is 9.59 Å². The van der Waals surface area contributed by atoms with Crippen LogP contribution in [-0.2, 0) is 14.3 Å². The summed E-state index contributed by atoms with van der Waals surface area (Å²) in [6.07, 6.45) is 24.2. The van der Waals surface area contributed by atoms with Crippen LogP contribution in [-0.4, -0.2) is 11.9 Å². The third kappa shape index (κ3) is 12.0. The average molecular weight is 351 g/mol. The van der Waals surface area contributed by atoms with Gasteiger partial charge in [0.1, 0.15) is 0 Å². The molecular formula is C22H38O3. The summed E-state index contributed by atoms with van der Waals surface area (Å²) in [5.41, 5.74) is 0. The van der Waals surface area contributed by atoms with E-state index in [1.165, 1.54) is 89.9 Å². The minimum absolute atomic E-state index is 0.216. The van der Waals surface area contributed by atoms with Gasteiger partial charge in [-0.25, -0.2) is 0 Å². The van der Waals surface area contributed by atoms with Crippen LogP contribution in [0.25, 0.3) is 0 Å². The molecule has 0 radical (unpaired) electrons. The number of cyclic esters (lactones) is 2. The van der Waals surface area contributed by atoms with Gasteiger partial charge in [-0.15, -0.1) is 0 Å². The topological polar surface area (TPSA) is 43.4 Å². The zero-order chi connectivity index (χ0) is 18.2. The molecule has 0 bridgehead atoms. The molecule has 0 aromatic heterocycles. The van der Waals surface area contributed by atoms with Crippen LogP contribution in [0.3, 0.4) is 0 Å². The number of hydrogen-bond acceptors (Lipinski definition) is 3. The lowest BCUT2D eigenvalue weighted by atomic mass is 10.0. The molecule has 1 aliphatic rings. The van der Waals surface area contributed by atoms with Crippen LogP contribution in [0.4, 0.5) is 0 Å². The Balaban J connectivity index is 1.77. The van der Waals surface area contributed by atoms with Crippen LogP contribution in [0.1, 0.15) is 110 Å². The number of hydrogen-bond donors (Lipinski definition) is 0. The van der Waals surface area contributed by atoms with Gasteiger partial charge in [-0.05, 0) is 12.8 Å². The number of rotatable bonds is 16. The quantitative estimate of drug-likeness (QED) is 0.138. The third-order valence-electron chi connectivity index (χ3n) is 5.00. The highest BCUT2D eigenvalue weighted by atomic mass is 16.6. The molecular weight excluding hydrogens is 312 g/mol. The van der Waals surface area contributed by atoms with Crippen molar-refractivity contribution in [3.05, 3.63) is 12.2 Å². The van der Waals surface area contributed by atoms with Crippen molar-refractivity contribution in [1.82, 2.24) is 0 Å². The Bertz CT molecular complexity index is 387. The molecule has 1 aliphatic heterocycles. The minimum Gasteiger partial charge on any atom is -0.393 e. The number of allylic oxidation sites excluding steroid dienone is 1. The largest absolute Gasteiger partial charge is 0.393 e. The molecule has 0 aromatic rings. The smallest absolute Gasteiger partial charge is 0.321 e. The van der Waals surface area contributed by atoms with E-state index >= 15 is 0 Å². The van der Waals surface area contributed by atoms with Crippen LogP contribution in [0, 0.1) is 5.92 Å². The Morgan fingerprint density at radius 3 is 1.72 bits per heavy atom. The summed E-state index contributed by atoms with van der Waals surface area (Å²) in [6.45, 7) is 2.27. The number of esters is 2. The minimum atomic E-state index is -0.392. The number of carbonyl (C=O) groups excluding carboxylic acids is 2. The van der Waals surface area contributed by atoms with E-state index in [0.29, 0.717) is 0 Å². The Hall–Kier alpha value is -1.12. The van der Waals surface area contributed by atoms with Crippen molar-refractivity contribution < 1.29 is 14.3 Å². The fraction of sp³-hybridized carbons (Fsp3) is 0.818. The van der Waals surface area contributed by atoms with E-state index in [4.69, 9.17) is 0 Å². The Kier molecular flexibility index (Phi) is 13.3. The molecule has 0 N–H and O–H groups in total. The van der Waals surface area contributed by atoms with Crippen molar-refractivity contribution in [2.24, 2.45) is 5.92 Å². The number of ether oxygens (including phenoxy) is 1. The van der Waals surface area contributed by atoms with E-state index in [2.05, 4.69) is 11.7 Å². The highest BCUT2D eigenvalue weighted by Gasteiger charge is 2.30. The highest BCUT2D eigenvalue weighted by Crippen LogP contribution is 2.18. The highest BCUT2D eigenvalue weighted by molar-refractivity contribution is 5.95. The fourth-order valence-corrected chi connectivity index (χ4v) is 3.36. The first kappa shape index (κ1) is 21.9. The maximum atomic E-state index is 11.3. The molecule has 0 aliphatic carbocycles. The molecule has 3 heteroatoms. The van der Waals surface area contributed by atoms with Crippen LogP contribution in [0.15, 0.2) is 12.2 Å². The van der Waals surface area contributed by atoms with E-state index in [1.807, 2.05) is 12.2 Å². The summed E-state index contributed by atoms with van der Waals surface area (Å²) >= 11 is 0. The number of carbonyl (C=O) groups is 2. The summed E-state index contributed by atoms with van der Waals surface area (Å²) in [6, 6.07) is 0. The fourth-order valence-electron chi connectivity index (χ4n) is 3.36. The van der Waals surface area contributed by atoms with E-state index in [0.717, 1.165) is 6.42 Å². The van der Waals surface area contributed by atoms with Crippen LogP contribution in [0.2, 0.25) is 0 Å². The average Bonchev–Trinajstić information content (AvgIpc) is 2.92. The van der Waals surface area contributed by atoms with Crippen molar-refractivity contribution in [1.29, 1.82) is 0 Å². The lowest BCUT2D eigenvalue weighted by Crippen LogP contribution is -2.03. The molecule has 1 rings (SSSR count). The molecule has 0 amide bonds. The van der Waals surface area contributed by atoms with Crippen LogP contribution in [0.5, 0.6) is 0 Å². The van der Waals surface area contributed by atoms with Gasteiger partial charge in [-0.1, -0.05) is 103 Å². The molecule has 1 atom stereocenters. The molecule has 1 heterocycles. The normalized spacial score (nSPS) is 17.6. The zero-order valence-electron chi connectivity index (χ0n) is 16.3. The summed E-state index contributed by atoms with van der Waals surface area (Å²) in [4.78, 5) is 22.2. The van der Waals surface area contributed by atoms with Crippen molar-refractivity contribution in [2.45, 2.75) is 110 Å². The molecule has 0 aromatic carbocycles. The Labute approximate surface area is 154 Å². The van der Waals surface area contributed by atoms with Crippen molar-refractivity contribution >= 4 is 11.9 Å². The van der Waals surface area contributed by atoms with Gasteiger partial charge in [-0.2, -0.15) is 0 Å². The van der Waals surface area contributed by atoms with E-state index in [1.54, 1.807) is 0 Å². The molecule has 0 spiro atoms. The van der Waals surface area contributed by atoms with Gasteiger partial charge in [-0.3, -0.25) is 9.59 Å². The lowest BCUT2D eigenvalue weighted by Gasteiger charge is -2.03. The summed E-state index contributed by atoms with van der Waals surface area (Å²) in [5, 5.41) is 0. The second-order valence-electron chi connectivity index (χ2n) is 7.42. The summed E-state index contributed by atoms with van der Waals surface area (Å²) in [7, 11) is 0. The monoisotopic (exact) mass is 350 g/mol. The van der Waals surface area contributed by atoms with Gasteiger partial charge in [0, 0.05) is 0 Å². The Morgan fingerprint density at radius 2 is 1.28 bits per heavy atom. The second kappa shape index (κ2) is 15.2. The van der Waals surface area contributed by atoms with Gasteiger partial charge < -0.3 is 4.74 Å². The summed E-state index contributed by atoms with van der Waals surface area (Å²) < 4.78 is 4.52. The molecule has 0 saturated carbocycles. The standard InChI is InChI=1S/C22H38O3/c1-2-3-4-5-6-7-8-9-10-11-12-13-14-15-16-17-18-20-19-21(23)25-22(20)24/h17-18,20H,2-16,19H2,1H3/b18-17+. The predicted molar refractivity (Wildman–Crippen MR) is 103 cm³/mol. The third-order valence-corrected chi connectivity index (χ3v) is 5.00. The molecule has 1 fully saturated rings. The van der Waals surface area contributed by atoms with E-state index in [-0.39, 0.29) is 18.3 Å². The van der Waals surface area contributed by atoms with Gasteiger partial charge in [0.25, 0.3) is 0 Å². The molecule has 1 unspecified atom stereocenters.